The number of hydrogen-bond donors (Lipinski definition) is 2. The van der Waals surface area contributed by atoms with Crippen LogP contribution in [0, 0.1) is 15.5 Å². The maximum absolute atomic E-state index is 13.1. The maximum Gasteiger partial charge on any atom is 0.336 e. The third-order valence-electron chi connectivity index (χ3n) is 6.11. The molecule has 2 heterocycles. The summed E-state index contributed by atoms with van der Waals surface area (Å²) in [6.45, 7) is 5.14. The van der Waals surface area contributed by atoms with Crippen molar-refractivity contribution in [2.24, 2.45) is 5.41 Å². The number of carbonyl (C=O) groups excluding carboxylic acids is 1. The number of esters is 1. The highest BCUT2D eigenvalue weighted by Gasteiger charge is 2.54. The molecule has 1 aliphatic rings. The number of hydrogen-bond acceptors (Lipinski definition) is 8. The first-order valence-corrected chi connectivity index (χ1v) is 10.8. The van der Waals surface area contributed by atoms with E-state index in [9.17, 15) is 24.8 Å². The van der Waals surface area contributed by atoms with Crippen molar-refractivity contribution in [1.29, 1.82) is 0 Å². The fourth-order valence-corrected chi connectivity index (χ4v) is 4.18. The van der Waals surface area contributed by atoms with Crippen molar-refractivity contribution in [3.05, 3.63) is 81.3 Å². The quantitative estimate of drug-likeness (QED) is 0.322. The number of rotatable bonds is 9. The van der Waals surface area contributed by atoms with Crippen LogP contribution in [0.3, 0.4) is 0 Å². The van der Waals surface area contributed by atoms with Crippen LogP contribution in [0.1, 0.15) is 37.8 Å². The Labute approximate surface area is 196 Å². The highest BCUT2D eigenvalue weighted by molar-refractivity contribution is 5.94. The predicted octanol–water partition coefficient (Wildman–Crippen LogP) is 3.19. The minimum atomic E-state index is -1.51. The van der Waals surface area contributed by atoms with Crippen molar-refractivity contribution in [3.8, 4) is 0 Å². The number of nitro benzene ring substituents is 1. The van der Waals surface area contributed by atoms with Crippen LogP contribution < -0.4 is 5.32 Å². The van der Waals surface area contributed by atoms with E-state index in [-0.39, 0.29) is 31.1 Å². The molecule has 2 N–H and O–H groups in total. The first kappa shape index (κ1) is 24.8. The SMILES string of the molecule is CCOC(=O)C1=C(COCc2cccnc2)NC(C)C(C)(C(=O)O)C1c1cccc([N+](=O)[O-])c1. The molecular formula is C24H27N3O7. The second kappa shape index (κ2) is 10.4. The van der Waals surface area contributed by atoms with Crippen LogP contribution in [0.2, 0.25) is 0 Å². The number of carboxylic acid groups (broad SMARTS) is 1. The Hall–Kier alpha value is -3.79. The normalized spacial score (nSPS) is 22.1. The van der Waals surface area contributed by atoms with Crippen molar-refractivity contribution in [2.45, 2.75) is 39.3 Å². The summed E-state index contributed by atoms with van der Waals surface area (Å²) in [6.07, 6.45) is 3.30. The van der Waals surface area contributed by atoms with Gasteiger partial charge in [0.25, 0.3) is 5.69 Å². The zero-order valence-electron chi connectivity index (χ0n) is 19.2. The Balaban J connectivity index is 2.12. The zero-order valence-corrected chi connectivity index (χ0v) is 19.2. The lowest BCUT2D eigenvalue weighted by atomic mass is 9.63. The molecular weight excluding hydrogens is 442 g/mol. The monoisotopic (exact) mass is 469 g/mol. The van der Waals surface area contributed by atoms with E-state index in [1.807, 2.05) is 6.07 Å². The molecule has 3 atom stereocenters. The van der Waals surface area contributed by atoms with E-state index < -0.39 is 34.2 Å². The summed E-state index contributed by atoms with van der Waals surface area (Å²) in [5, 5.41) is 24.8. The molecule has 3 unspecified atom stereocenters. The number of benzene rings is 1. The zero-order chi connectivity index (χ0) is 24.9. The van der Waals surface area contributed by atoms with Gasteiger partial charge in [-0.3, -0.25) is 19.9 Å². The van der Waals surface area contributed by atoms with E-state index in [1.165, 1.54) is 25.1 Å². The summed E-state index contributed by atoms with van der Waals surface area (Å²) in [4.78, 5) is 40.6. The molecule has 0 spiro atoms. The number of nitro groups is 1. The van der Waals surface area contributed by atoms with Crippen LogP contribution in [0.25, 0.3) is 0 Å². The third kappa shape index (κ3) is 4.91. The molecule has 0 aliphatic carbocycles. The molecule has 0 bridgehead atoms. The standard InChI is InChI=1S/C24H27N3O7/c1-4-34-22(28)20-19(14-33-13-16-7-6-10-25-12-16)26-15(2)24(3,23(29)30)21(20)17-8-5-9-18(11-17)27(31)32/h5-12,15,21,26H,4,13-14H2,1-3H3,(H,29,30). The van der Waals surface area contributed by atoms with Gasteiger partial charge in [-0.05, 0) is 38.0 Å². The molecule has 1 aromatic carbocycles. The van der Waals surface area contributed by atoms with Gasteiger partial charge >= 0.3 is 11.9 Å². The summed E-state index contributed by atoms with van der Waals surface area (Å²) in [7, 11) is 0. The molecule has 0 radical (unpaired) electrons. The second-order valence-electron chi connectivity index (χ2n) is 8.21. The van der Waals surface area contributed by atoms with E-state index in [0.717, 1.165) is 5.56 Å². The molecule has 0 amide bonds. The number of carbonyl (C=O) groups is 2. The molecule has 10 nitrogen and oxygen atoms in total. The highest BCUT2D eigenvalue weighted by atomic mass is 16.6. The van der Waals surface area contributed by atoms with E-state index in [2.05, 4.69) is 10.3 Å². The largest absolute Gasteiger partial charge is 0.481 e. The van der Waals surface area contributed by atoms with E-state index in [0.29, 0.717) is 11.3 Å². The number of nitrogens with one attached hydrogen (secondary N) is 1. The molecule has 34 heavy (non-hydrogen) atoms. The van der Waals surface area contributed by atoms with Gasteiger partial charge in [-0.1, -0.05) is 18.2 Å². The van der Waals surface area contributed by atoms with Crippen LogP contribution in [-0.2, 0) is 25.7 Å². The number of pyridine rings is 1. The van der Waals surface area contributed by atoms with Gasteiger partial charge in [0.05, 0.1) is 35.7 Å². The molecule has 0 fully saturated rings. The third-order valence-corrected chi connectivity index (χ3v) is 6.11. The molecule has 0 saturated carbocycles. The van der Waals surface area contributed by atoms with Crippen molar-refractivity contribution >= 4 is 17.6 Å². The molecule has 1 aromatic heterocycles. The Kier molecular flexibility index (Phi) is 7.62. The Morgan fingerprint density at radius 1 is 1.26 bits per heavy atom. The minimum Gasteiger partial charge on any atom is -0.481 e. The molecule has 2 aromatic rings. The molecule has 0 saturated heterocycles. The van der Waals surface area contributed by atoms with Gasteiger partial charge < -0.3 is 19.9 Å². The molecule has 180 valence electrons. The van der Waals surface area contributed by atoms with Crippen LogP contribution in [0.15, 0.2) is 60.1 Å². The number of carboxylic acids is 1. The summed E-state index contributed by atoms with van der Waals surface area (Å²) in [6, 6.07) is 8.67. The molecule has 3 rings (SSSR count). The Morgan fingerprint density at radius 3 is 2.65 bits per heavy atom. The number of nitrogens with zero attached hydrogens (tertiary/aromatic N) is 2. The number of ether oxygens (including phenoxy) is 2. The predicted molar refractivity (Wildman–Crippen MR) is 122 cm³/mol. The highest BCUT2D eigenvalue weighted by Crippen LogP contribution is 2.48. The lowest BCUT2D eigenvalue weighted by Crippen LogP contribution is -2.55. The first-order valence-electron chi connectivity index (χ1n) is 10.8. The summed E-state index contributed by atoms with van der Waals surface area (Å²) in [5.74, 6) is -2.87. The van der Waals surface area contributed by atoms with Crippen molar-refractivity contribution in [1.82, 2.24) is 10.3 Å². The van der Waals surface area contributed by atoms with Crippen LogP contribution in [0.4, 0.5) is 5.69 Å². The molecule has 10 heteroatoms. The fourth-order valence-electron chi connectivity index (χ4n) is 4.18. The summed E-state index contributed by atoms with van der Waals surface area (Å²) in [5.41, 5.74) is -0.0874. The smallest absolute Gasteiger partial charge is 0.336 e. The van der Waals surface area contributed by atoms with Gasteiger partial charge in [0.2, 0.25) is 0 Å². The number of aliphatic carboxylic acids is 1. The minimum absolute atomic E-state index is 0.0193. The van der Waals surface area contributed by atoms with Crippen molar-refractivity contribution in [3.63, 3.8) is 0 Å². The van der Waals surface area contributed by atoms with Crippen molar-refractivity contribution in [2.75, 3.05) is 13.2 Å². The second-order valence-corrected chi connectivity index (χ2v) is 8.21. The molecule has 1 aliphatic heterocycles. The van der Waals surface area contributed by atoms with Crippen LogP contribution >= 0.6 is 0 Å². The van der Waals surface area contributed by atoms with Gasteiger partial charge in [0.1, 0.15) is 0 Å². The summed E-state index contributed by atoms with van der Waals surface area (Å²) >= 11 is 0. The van der Waals surface area contributed by atoms with Crippen LogP contribution in [0.5, 0.6) is 0 Å². The maximum atomic E-state index is 13.1. The first-order chi connectivity index (χ1) is 16.2. The average molecular weight is 469 g/mol. The summed E-state index contributed by atoms with van der Waals surface area (Å²) < 4.78 is 11.1. The van der Waals surface area contributed by atoms with Gasteiger partial charge in [0.15, 0.2) is 0 Å². The lowest BCUT2D eigenvalue weighted by Gasteiger charge is -2.45. The van der Waals surface area contributed by atoms with Gasteiger partial charge in [-0.2, -0.15) is 0 Å². The van der Waals surface area contributed by atoms with Gasteiger partial charge in [-0.25, -0.2) is 4.79 Å². The fraction of sp³-hybridized carbons (Fsp3) is 0.375. The Morgan fingerprint density at radius 2 is 2.03 bits per heavy atom. The van der Waals surface area contributed by atoms with E-state index in [1.54, 1.807) is 38.4 Å². The van der Waals surface area contributed by atoms with E-state index >= 15 is 0 Å². The van der Waals surface area contributed by atoms with Gasteiger partial charge in [0, 0.05) is 42.2 Å². The Bertz CT molecular complexity index is 1100. The average Bonchev–Trinajstić information content (AvgIpc) is 2.81. The van der Waals surface area contributed by atoms with Gasteiger partial charge in [-0.15, -0.1) is 0 Å². The van der Waals surface area contributed by atoms with Crippen LogP contribution in [-0.4, -0.2) is 46.2 Å². The van der Waals surface area contributed by atoms with E-state index in [4.69, 9.17) is 9.47 Å². The number of non-ortho nitro benzene ring substituents is 1. The number of aromatic nitrogens is 1. The van der Waals surface area contributed by atoms with Crippen molar-refractivity contribution < 1.29 is 29.1 Å². The topological polar surface area (TPSA) is 141 Å². The lowest BCUT2D eigenvalue weighted by molar-refractivity contribution is -0.384.